The van der Waals surface area contributed by atoms with E-state index in [0.717, 1.165) is 32.5 Å². The molecule has 4 rings (SSSR count). The molecule has 25 heavy (non-hydrogen) atoms. The zero-order chi connectivity index (χ0) is 17.6. The van der Waals surface area contributed by atoms with Gasteiger partial charge in [-0.15, -0.1) is 0 Å². The first-order valence-corrected chi connectivity index (χ1v) is 8.94. The van der Waals surface area contributed by atoms with Gasteiger partial charge in [0.1, 0.15) is 0 Å². The molecule has 0 fully saturated rings. The van der Waals surface area contributed by atoms with E-state index in [-0.39, 0.29) is 18.1 Å². The van der Waals surface area contributed by atoms with Crippen LogP contribution >= 0.6 is 15.9 Å². The van der Waals surface area contributed by atoms with Gasteiger partial charge in [-0.1, -0.05) is 70.5 Å². The third-order valence-corrected chi connectivity index (χ3v) is 5.43. The van der Waals surface area contributed by atoms with Crippen molar-refractivity contribution in [2.45, 2.75) is 6.92 Å². The van der Waals surface area contributed by atoms with Crippen molar-refractivity contribution in [1.29, 1.82) is 0 Å². The van der Waals surface area contributed by atoms with Crippen LogP contribution in [0, 0.1) is 0 Å². The molecule has 1 heterocycles. The van der Waals surface area contributed by atoms with E-state index in [1.54, 1.807) is 0 Å². The molecule has 1 aliphatic carbocycles. The highest BCUT2D eigenvalue weighted by molar-refractivity contribution is 9.11. The molecular weight excluding hydrogens is 378 g/mol. The predicted molar refractivity (Wildman–Crippen MR) is 102 cm³/mol. The Hall–Kier alpha value is -2.46. The van der Waals surface area contributed by atoms with Crippen molar-refractivity contribution in [2.75, 3.05) is 13.1 Å². The number of Topliss-reactive ketones (excluding diaryl/α,β-unsaturated/α-hetero) is 2. The Morgan fingerprint density at radius 1 is 1.00 bits per heavy atom. The number of hydrogen-bond acceptors (Lipinski definition) is 3. The van der Waals surface area contributed by atoms with Gasteiger partial charge < -0.3 is 4.90 Å². The molecule has 2 aromatic carbocycles. The topological polar surface area (TPSA) is 37.4 Å². The largest absolute Gasteiger partial charge is 0.362 e. The SMILES string of the molecule is CC1=C2C(=C(Br)CN1CC(=O)c1ccccc1)C(=O)c1ccccc12. The summed E-state index contributed by atoms with van der Waals surface area (Å²) < 4.78 is 0.843. The number of fused-ring (bicyclic) bond motifs is 3. The number of halogens is 1. The fourth-order valence-corrected chi connectivity index (χ4v) is 4.18. The minimum absolute atomic E-state index is 0.0610. The average Bonchev–Trinajstić information content (AvgIpc) is 2.94. The Kier molecular flexibility index (Phi) is 3.92. The van der Waals surface area contributed by atoms with Crippen molar-refractivity contribution >= 4 is 33.1 Å². The third-order valence-electron chi connectivity index (χ3n) is 4.79. The lowest BCUT2D eigenvalue weighted by molar-refractivity contribution is 0.0954. The molecule has 0 amide bonds. The molecule has 2 aromatic rings. The smallest absolute Gasteiger partial charge is 0.195 e. The van der Waals surface area contributed by atoms with Crippen molar-refractivity contribution in [3.63, 3.8) is 0 Å². The van der Waals surface area contributed by atoms with Gasteiger partial charge in [0.25, 0.3) is 0 Å². The molecular formula is C21H16BrNO2. The van der Waals surface area contributed by atoms with Gasteiger partial charge in [-0.25, -0.2) is 0 Å². The fraction of sp³-hybridized carbons (Fsp3) is 0.143. The van der Waals surface area contributed by atoms with Crippen LogP contribution in [0.3, 0.4) is 0 Å². The second-order valence-corrected chi connectivity index (χ2v) is 7.22. The lowest BCUT2D eigenvalue weighted by Gasteiger charge is -2.31. The zero-order valence-corrected chi connectivity index (χ0v) is 15.3. The van der Waals surface area contributed by atoms with Gasteiger partial charge in [0.15, 0.2) is 11.6 Å². The van der Waals surface area contributed by atoms with Gasteiger partial charge in [-0.05, 0) is 12.5 Å². The van der Waals surface area contributed by atoms with Crippen LogP contribution in [-0.2, 0) is 0 Å². The second-order valence-electron chi connectivity index (χ2n) is 6.26. The maximum Gasteiger partial charge on any atom is 0.195 e. The highest BCUT2D eigenvalue weighted by atomic mass is 79.9. The van der Waals surface area contributed by atoms with Gasteiger partial charge in [-0.3, -0.25) is 9.59 Å². The van der Waals surface area contributed by atoms with Gasteiger partial charge in [0.05, 0.1) is 13.1 Å². The van der Waals surface area contributed by atoms with Crippen LogP contribution in [0.1, 0.15) is 33.2 Å². The number of carbonyl (C=O) groups excluding carboxylic acids is 2. The minimum atomic E-state index is 0.0610. The number of nitrogens with zero attached hydrogens (tertiary/aromatic N) is 1. The summed E-state index contributed by atoms with van der Waals surface area (Å²) in [6, 6.07) is 17.0. The monoisotopic (exact) mass is 393 g/mol. The molecule has 0 radical (unpaired) electrons. The molecule has 0 aromatic heterocycles. The standard InChI is InChI=1S/C21H16BrNO2/c1-13-19-15-9-5-6-10-16(15)21(25)20(19)17(22)11-23(13)12-18(24)14-7-3-2-4-8-14/h2-10H,11-12H2,1H3. The normalized spacial score (nSPS) is 16.2. The summed E-state index contributed by atoms with van der Waals surface area (Å²) in [5.41, 5.74) is 5.05. The maximum atomic E-state index is 12.7. The second kappa shape index (κ2) is 6.12. The van der Waals surface area contributed by atoms with Gasteiger partial charge in [0, 0.05) is 32.5 Å². The molecule has 0 unspecified atom stereocenters. The van der Waals surface area contributed by atoms with Crippen LogP contribution < -0.4 is 0 Å². The van der Waals surface area contributed by atoms with Crippen LogP contribution in [0.4, 0.5) is 0 Å². The summed E-state index contributed by atoms with van der Waals surface area (Å²) in [6.07, 6.45) is 0. The van der Waals surface area contributed by atoms with E-state index in [0.29, 0.717) is 12.1 Å². The number of hydrogen-bond donors (Lipinski definition) is 0. The summed E-state index contributed by atoms with van der Waals surface area (Å²) in [4.78, 5) is 27.4. The number of carbonyl (C=O) groups is 2. The van der Waals surface area contributed by atoms with Crippen LogP contribution in [0.5, 0.6) is 0 Å². The molecule has 0 spiro atoms. The third kappa shape index (κ3) is 2.57. The molecule has 0 saturated heterocycles. The van der Waals surface area contributed by atoms with Crippen LogP contribution in [0.15, 0.2) is 70.3 Å². The van der Waals surface area contributed by atoms with E-state index in [1.807, 2.05) is 66.4 Å². The van der Waals surface area contributed by atoms with Crippen LogP contribution in [0.2, 0.25) is 0 Å². The van der Waals surface area contributed by atoms with Crippen molar-refractivity contribution in [3.05, 3.63) is 87.0 Å². The van der Waals surface area contributed by atoms with Gasteiger partial charge in [0.2, 0.25) is 0 Å². The number of benzene rings is 2. The highest BCUT2D eigenvalue weighted by Gasteiger charge is 2.37. The van der Waals surface area contributed by atoms with Crippen molar-refractivity contribution < 1.29 is 9.59 Å². The van der Waals surface area contributed by atoms with Crippen LogP contribution in [-0.4, -0.2) is 29.6 Å². The van der Waals surface area contributed by atoms with Gasteiger partial charge >= 0.3 is 0 Å². The molecule has 124 valence electrons. The van der Waals surface area contributed by atoms with Crippen molar-refractivity contribution in [1.82, 2.24) is 4.90 Å². The van der Waals surface area contributed by atoms with E-state index < -0.39 is 0 Å². The fourth-order valence-electron chi connectivity index (χ4n) is 3.50. The average molecular weight is 394 g/mol. The summed E-state index contributed by atoms with van der Waals surface area (Å²) in [6.45, 7) is 2.81. The molecule has 2 aliphatic rings. The van der Waals surface area contributed by atoms with E-state index in [4.69, 9.17) is 0 Å². The molecule has 0 atom stereocenters. The van der Waals surface area contributed by atoms with Crippen molar-refractivity contribution in [3.8, 4) is 0 Å². The molecule has 3 nitrogen and oxygen atoms in total. The number of ketones is 2. The first-order chi connectivity index (χ1) is 12.1. The molecule has 0 N–H and O–H groups in total. The first kappa shape index (κ1) is 16.0. The summed E-state index contributed by atoms with van der Waals surface area (Å²) in [5.74, 6) is 0.132. The molecule has 0 saturated carbocycles. The highest BCUT2D eigenvalue weighted by Crippen LogP contribution is 2.44. The van der Waals surface area contributed by atoms with Crippen LogP contribution in [0.25, 0.3) is 5.57 Å². The zero-order valence-electron chi connectivity index (χ0n) is 13.8. The first-order valence-electron chi connectivity index (χ1n) is 8.15. The Morgan fingerprint density at radius 3 is 2.36 bits per heavy atom. The maximum absolute atomic E-state index is 12.7. The molecule has 1 aliphatic heterocycles. The quantitative estimate of drug-likeness (QED) is 0.722. The van der Waals surface area contributed by atoms with E-state index >= 15 is 0 Å². The molecule has 4 heteroatoms. The number of rotatable bonds is 3. The lowest BCUT2D eigenvalue weighted by Crippen LogP contribution is -2.33. The summed E-state index contributed by atoms with van der Waals surface area (Å²) in [7, 11) is 0. The predicted octanol–water partition coefficient (Wildman–Crippen LogP) is 4.46. The van der Waals surface area contributed by atoms with Gasteiger partial charge in [-0.2, -0.15) is 0 Å². The minimum Gasteiger partial charge on any atom is -0.362 e. The lowest BCUT2D eigenvalue weighted by atomic mass is 9.98. The summed E-state index contributed by atoms with van der Waals surface area (Å²) in [5, 5.41) is 0. The van der Waals surface area contributed by atoms with E-state index in [9.17, 15) is 9.59 Å². The Bertz CT molecular complexity index is 957. The number of allylic oxidation sites excluding steroid dienone is 3. The van der Waals surface area contributed by atoms with E-state index in [2.05, 4.69) is 15.9 Å². The van der Waals surface area contributed by atoms with E-state index in [1.165, 1.54) is 0 Å². The van der Waals surface area contributed by atoms with Crippen molar-refractivity contribution in [2.24, 2.45) is 0 Å². The Labute approximate surface area is 154 Å². The molecule has 0 bridgehead atoms. The Balaban J connectivity index is 1.73. The summed E-state index contributed by atoms with van der Waals surface area (Å²) >= 11 is 3.58. The Morgan fingerprint density at radius 2 is 1.64 bits per heavy atom.